The number of benzene rings is 3. The zero-order valence-electron chi connectivity index (χ0n) is 26.4. The van der Waals surface area contributed by atoms with Crippen LogP contribution in [0.1, 0.15) is 45.8 Å². The summed E-state index contributed by atoms with van der Waals surface area (Å²) in [7, 11) is 1.86. The Hall–Kier alpha value is -5.30. The molecule has 0 fully saturated rings. The van der Waals surface area contributed by atoms with Gasteiger partial charge in [-0.1, -0.05) is 0 Å². The number of carbonyl (C=O) groups is 1. The van der Waals surface area contributed by atoms with E-state index >= 15 is 0 Å². The Balaban J connectivity index is 1.27. The van der Waals surface area contributed by atoms with Crippen molar-refractivity contribution in [2.75, 3.05) is 6.54 Å². The van der Waals surface area contributed by atoms with E-state index in [1.807, 2.05) is 32.2 Å². The summed E-state index contributed by atoms with van der Waals surface area (Å²) in [5.74, 6) is -0.529. The summed E-state index contributed by atoms with van der Waals surface area (Å²) < 4.78 is 35.8. The highest BCUT2D eigenvalue weighted by molar-refractivity contribution is 9.10. The predicted molar refractivity (Wildman–Crippen MR) is 181 cm³/mol. The summed E-state index contributed by atoms with van der Waals surface area (Å²) in [6.07, 6.45) is 5.56. The summed E-state index contributed by atoms with van der Waals surface area (Å²) in [5, 5.41) is 10.9. The van der Waals surface area contributed by atoms with Gasteiger partial charge in [-0.3, -0.25) is 18.6 Å². The minimum Gasteiger partial charge on any atom is -0.350 e. The molecule has 48 heavy (non-hydrogen) atoms. The van der Waals surface area contributed by atoms with Crippen molar-refractivity contribution in [3.8, 4) is 17.2 Å². The topological polar surface area (TPSA) is 98.7 Å². The van der Waals surface area contributed by atoms with E-state index in [9.17, 15) is 18.4 Å². The normalized spacial score (nSPS) is 14.7. The minimum absolute atomic E-state index is 0.261. The second kappa shape index (κ2) is 10.9. The van der Waals surface area contributed by atoms with Gasteiger partial charge in [-0.2, -0.15) is 10.2 Å². The SMILES string of the molecule is Cc1cc(-n2nc3c(c2-n2ccn(-c4ccc5c(cnn5C)c4)c2=O)[C@H](C)N(C(=O)c2cc4cc(Br)c(F)cc4[nH]2)CC3)cc(C)c1F. The Morgan fingerprint density at radius 2 is 1.73 bits per heavy atom. The zero-order valence-corrected chi connectivity index (χ0v) is 28.0. The average molecular weight is 712 g/mol. The number of imidazole rings is 1. The quantitative estimate of drug-likeness (QED) is 0.223. The van der Waals surface area contributed by atoms with Crippen LogP contribution < -0.4 is 5.69 Å². The number of halogens is 3. The van der Waals surface area contributed by atoms with Gasteiger partial charge in [0, 0.05) is 54.3 Å². The summed E-state index contributed by atoms with van der Waals surface area (Å²) in [6.45, 7) is 5.67. The van der Waals surface area contributed by atoms with Gasteiger partial charge < -0.3 is 9.88 Å². The molecule has 1 aliphatic rings. The number of rotatable bonds is 4. The molecule has 1 aliphatic heterocycles. The van der Waals surface area contributed by atoms with Gasteiger partial charge in [0.15, 0.2) is 0 Å². The summed E-state index contributed by atoms with van der Waals surface area (Å²) in [5.41, 5.74) is 5.05. The third kappa shape index (κ3) is 4.55. The first-order valence-electron chi connectivity index (χ1n) is 15.4. The van der Waals surface area contributed by atoms with Gasteiger partial charge in [0.25, 0.3) is 5.91 Å². The molecule has 0 saturated heterocycles. The number of hydrogen-bond acceptors (Lipinski definition) is 4. The standard InChI is InChI=1S/C35H29BrF2N8O2/c1-18-11-24(12-19(2)32(18)38)46-33(45-10-9-44(35(45)48)23-5-6-30-22(13-23)17-39-42(30)4)31-20(3)43(8-7-27(31)41-46)34(47)29-15-21-14-25(36)26(37)16-28(21)40-29/h5-6,9-17,20,40H,7-8H2,1-4H3/t20-/m0/s1. The third-order valence-electron chi connectivity index (χ3n) is 9.28. The number of H-pyrrole nitrogens is 1. The van der Waals surface area contributed by atoms with Crippen LogP contribution in [0.5, 0.6) is 0 Å². The lowest BCUT2D eigenvalue weighted by atomic mass is 9.98. The molecule has 7 aromatic rings. The number of aromatic amines is 1. The van der Waals surface area contributed by atoms with Crippen LogP contribution in [-0.4, -0.2) is 51.0 Å². The van der Waals surface area contributed by atoms with E-state index in [4.69, 9.17) is 5.10 Å². The molecular formula is C35H29BrF2N8O2. The lowest BCUT2D eigenvalue weighted by Gasteiger charge is -2.33. The lowest BCUT2D eigenvalue weighted by Crippen LogP contribution is -2.39. The van der Waals surface area contributed by atoms with E-state index < -0.39 is 11.9 Å². The zero-order chi connectivity index (χ0) is 33.6. The Bertz CT molecular complexity index is 2460. The average Bonchev–Trinajstić information content (AvgIpc) is 3.84. The number of nitrogens with zero attached hydrogens (tertiary/aromatic N) is 7. The summed E-state index contributed by atoms with van der Waals surface area (Å²) in [4.78, 5) is 33.1. The highest BCUT2D eigenvalue weighted by atomic mass is 79.9. The third-order valence-corrected chi connectivity index (χ3v) is 9.89. The van der Waals surface area contributed by atoms with Crippen LogP contribution >= 0.6 is 15.9 Å². The van der Waals surface area contributed by atoms with Gasteiger partial charge in [-0.15, -0.1) is 0 Å². The first-order valence-corrected chi connectivity index (χ1v) is 16.2. The van der Waals surface area contributed by atoms with Crippen LogP contribution in [0.25, 0.3) is 39.0 Å². The molecule has 4 aromatic heterocycles. The summed E-state index contributed by atoms with van der Waals surface area (Å²) >= 11 is 3.22. The van der Waals surface area contributed by atoms with Gasteiger partial charge in [0.1, 0.15) is 23.1 Å². The molecule has 0 radical (unpaired) electrons. The number of fused-ring (bicyclic) bond motifs is 3. The molecule has 5 heterocycles. The molecule has 1 amide bonds. The van der Waals surface area contributed by atoms with Crippen molar-refractivity contribution in [2.24, 2.45) is 7.05 Å². The predicted octanol–water partition coefficient (Wildman–Crippen LogP) is 6.60. The van der Waals surface area contributed by atoms with Crippen molar-refractivity contribution >= 4 is 43.6 Å². The van der Waals surface area contributed by atoms with Gasteiger partial charge in [0.2, 0.25) is 0 Å². The van der Waals surface area contributed by atoms with E-state index in [1.54, 1.807) is 75.5 Å². The number of carbonyl (C=O) groups excluding carboxylic acids is 1. The van der Waals surface area contributed by atoms with Gasteiger partial charge >= 0.3 is 5.69 Å². The van der Waals surface area contributed by atoms with Crippen LogP contribution in [0.15, 0.2) is 76.4 Å². The Labute approximate surface area is 280 Å². The van der Waals surface area contributed by atoms with E-state index in [2.05, 4.69) is 26.0 Å². The first-order chi connectivity index (χ1) is 23.0. The largest absolute Gasteiger partial charge is 0.350 e. The van der Waals surface area contributed by atoms with E-state index in [1.165, 1.54) is 10.6 Å². The summed E-state index contributed by atoms with van der Waals surface area (Å²) in [6, 6.07) is 13.3. The maximum atomic E-state index is 14.8. The fourth-order valence-electron chi connectivity index (χ4n) is 6.82. The fraction of sp³-hybridized carbons (Fsp3) is 0.200. The molecular weight excluding hydrogens is 682 g/mol. The molecule has 13 heteroatoms. The Morgan fingerprint density at radius 3 is 2.50 bits per heavy atom. The van der Waals surface area contributed by atoms with E-state index in [-0.39, 0.29) is 17.4 Å². The fourth-order valence-corrected chi connectivity index (χ4v) is 7.18. The number of hydrogen-bond donors (Lipinski definition) is 1. The van der Waals surface area contributed by atoms with Crippen molar-refractivity contribution < 1.29 is 13.6 Å². The molecule has 1 N–H and O–H groups in total. The van der Waals surface area contributed by atoms with Crippen molar-refractivity contribution in [1.82, 2.24) is 38.6 Å². The Morgan fingerprint density at radius 1 is 0.979 bits per heavy atom. The van der Waals surface area contributed by atoms with Crippen LogP contribution in [0, 0.1) is 25.5 Å². The second-order valence-corrected chi connectivity index (χ2v) is 13.1. The molecule has 10 nitrogen and oxygen atoms in total. The molecule has 1 atom stereocenters. The molecule has 8 rings (SSSR count). The molecule has 0 spiro atoms. The number of amides is 1. The molecule has 0 unspecified atom stereocenters. The smallest absolute Gasteiger partial charge is 0.338 e. The van der Waals surface area contributed by atoms with Crippen molar-refractivity contribution in [1.29, 1.82) is 0 Å². The molecule has 242 valence electrons. The molecule has 0 bridgehead atoms. The number of aryl methyl sites for hydroxylation is 3. The number of nitrogens with one attached hydrogen (secondary N) is 1. The van der Waals surface area contributed by atoms with Crippen LogP contribution in [0.2, 0.25) is 0 Å². The van der Waals surface area contributed by atoms with E-state index in [0.717, 1.165) is 16.6 Å². The molecule has 0 saturated carbocycles. The first kappa shape index (κ1) is 30.1. The van der Waals surface area contributed by atoms with Crippen molar-refractivity contribution in [3.05, 3.63) is 122 Å². The molecule has 3 aromatic carbocycles. The lowest BCUT2D eigenvalue weighted by molar-refractivity contribution is 0.0672. The van der Waals surface area contributed by atoms with Gasteiger partial charge in [-0.25, -0.2) is 18.3 Å². The van der Waals surface area contributed by atoms with E-state index in [0.29, 0.717) is 67.9 Å². The maximum Gasteiger partial charge on any atom is 0.338 e. The van der Waals surface area contributed by atoms with Crippen LogP contribution in [0.3, 0.4) is 0 Å². The van der Waals surface area contributed by atoms with Crippen molar-refractivity contribution in [3.63, 3.8) is 0 Å². The minimum atomic E-state index is -0.496. The number of aromatic nitrogens is 7. The van der Waals surface area contributed by atoms with Crippen LogP contribution in [-0.2, 0) is 13.5 Å². The van der Waals surface area contributed by atoms with Gasteiger partial charge in [-0.05, 0) is 96.4 Å². The highest BCUT2D eigenvalue weighted by Crippen LogP contribution is 2.37. The highest BCUT2D eigenvalue weighted by Gasteiger charge is 2.36. The van der Waals surface area contributed by atoms with Gasteiger partial charge in [0.05, 0.1) is 39.3 Å². The maximum absolute atomic E-state index is 14.8. The molecule has 0 aliphatic carbocycles. The second-order valence-electron chi connectivity index (χ2n) is 12.3. The van der Waals surface area contributed by atoms with Crippen molar-refractivity contribution in [2.45, 2.75) is 33.2 Å². The Kier molecular flexibility index (Phi) is 6.81. The van der Waals surface area contributed by atoms with Crippen LogP contribution in [0.4, 0.5) is 8.78 Å². The monoisotopic (exact) mass is 710 g/mol.